The van der Waals surface area contributed by atoms with E-state index in [1.165, 1.54) is 6.92 Å². The topological polar surface area (TPSA) is 237 Å². The Kier molecular flexibility index (Phi) is 16.0. The molecular formula is C30H47N5O9. The van der Waals surface area contributed by atoms with Gasteiger partial charge in [0.05, 0.1) is 12.5 Å². The molecule has 0 aliphatic heterocycles. The molecule has 0 saturated carbocycles. The van der Waals surface area contributed by atoms with Crippen LogP contribution in [-0.4, -0.2) is 87.2 Å². The van der Waals surface area contributed by atoms with Crippen LogP contribution in [0.1, 0.15) is 65.9 Å². The number of aliphatic hydroxyl groups excluding tert-OH is 1. The van der Waals surface area contributed by atoms with Gasteiger partial charge in [-0.15, -0.1) is 0 Å². The summed E-state index contributed by atoms with van der Waals surface area (Å²) in [5, 5.41) is 38.8. The lowest BCUT2D eigenvalue weighted by atomic mass is 9.97. The lowest BCUT2D eigenvalue weighted by molar-refractivity contribution is -0.143. The van der Waals surface area contributed by atoms with E-state index in [1.807, 2.05) is 13.8 Å². The van der Waals surface area contributed by atoms with Crippen LogP contribution in [0.15, 0.2) is 30.3 Å². The minimum absolute atomic E-state index is 0.0447. The van der Waals surface area contributed by atoms with Crippen LogP contribution in [-0.2, 0) is 35.2 Å². The van der Waals surface area contributed by atoms with E-state index in [-0.39, 0.29) is 25.2 Å². The number of rotatable bonds is 19. The molecule has 0 aliphatic carbocycles. The number of benzene rings is 1. The summed E-state index contributed by atoms with van der Waals surface area (Å²) >= 11 is 0. The fourth-order valence-electron chi connectivity index (χ4n) is 4.33. The lowest BCUT2D eigenvalue weighted by Crippen LogP contribution is -2.58. The van der Waals surface area contributed by atoms with E-state index in [2.05, 4.69) is 21.3 Å². The molecule has 6 atom stereocenters. The number of nitrogens with one attached hydrogen (secondary N) is 4. The quantitative estimate of drug-likeness (QED) is 0.102. The van der Waals surface area contributed by atoms with Gasteiger partial charge in [0.2, 0.25) is 23.6 Å². The molecule has 0 spiro atoms. The van der Waals surface area contributed by atoms with Crippen molar-refractivity contribution in [2.24, 2.45) is 17.6 Å². The Labute approximate surface area is 257 Å². The molecule has 246 valence electrons. The number of aliphatic hydroxyl groups is 1. The van der Waals surface area contributed by atoms with Crippen molar-refractivity contribution in [3.05, 3.63) is 35.9 Å². The maximum absolute atomic E-state index is 13.0. The average Bonchev–Trinajstić information content (AvgIpc) is 2.92. The molecule has 0 unspecified atom stereocenters. The third-order valence-corrected chi connectivity index (χ3v) is 6.83. The highest BCUT2D eigenvalue weighted by molar-refractivity contribution is 5.95. The summed E-state index contributed by atoms with van der Waals surface area (Å²) in [7, 11) is 0. The Morgan fingerprint density at radius 2 is 1.39 bits per heavy atom. The number of nitrogens with two attached hydrogens (primary N) is 1. The molecule has 1 rings (SSSR count). The van der Waals surface area contributed by atoms with Crippen LogP contribution < -0.4 is 27.0 Å². The second kappa shape index (κ2) is 18.6. The van der Waals surface area contributed by atoms with E-state index in [4.69, 9.17) is 10.8 Å². The molecule has 0 aliphatic rings. The maximum Gasteiger partial charge on any atom is 0.326 e. The van der Waals surface area contributed by atoms with Crippen molar-refractivity contribution >= 4 is 35.6 Å². The van der Waals surface area contributed by atoms with Gasteiger partial charge in [-0.25, -0.2) is 4.79 Å². The number of carboxylic acids is 2. The standard InChI is InChI=1S/C30H47N5O9/c1-16(2)13-20(31)23(36)15-24(37)35-26(17(3)4)29(42)32-18(5)27(40)33-21(11-12-25(38)39)28(41)34-22(30(43)44)14-19-9-7-6-8-10-19/h6-10,16-18,20-23,26,36H,11-15,31H2,1-5H3,(H,32,42)(H,33,40)(H,34,41)(H,35,37)(H,38,39)(H,43,44)/t18-,20-,21-,22-,23-,26-/m0/s1. The molecule has 0 heterocycles. The SMILES string of the molecule is CC(C)C[C@H](N)[C@@H](O)CC(=O)N[C@H](C(=O)N[C@@H](C)C(=O)N[C@@H](CCC(=O)O)C(=O)N[C@@H](Cc1ccccc1)C(=O)O)C(C)C. The zero-order valence-electron chi connectivity index (χ0n) is 25.9. The molecule has 14 heteroatoms. The molecule has 9 N–H and O–H groups in total. The molecule has 1 aromatic rings. The number of aliphatic carboxylic acids is 2. The highest BCUT2D eigenvalue weighted by Crippen LogP contribution is 2.10. The number of hydrogen-bond acceptors (Lipinski definition) is 8. The summed E-state index contributed by atoms with van der Waals surface area (Å²) in [6.07, 6.45) is -1.80. The summed E-state index contributed by atoms with van der Waals surface area (Å²) in [6.45, 7) is 8.56. The van der Waals surface area contributed by atoms with Gasteiger partial charge in [-0.3, -0.25) is 24.0 Å². The predicted octanol–water partition coefficient (Wildman–Crippen LogP) is -0.0820. The van der Waals surface area contributed by atoms with Crippen LogP contribution in [0.5, 0.6) is 0 Å². The smallest absolute Gasteiger partial charge is 0.326 e. The minimum Gasteiger partial charge on any atom is -0.481 e. The van der Waals surface area contributed by atoms with Gasteiger partial charge in [0.15, 0.2) is 0 Å². The van der Waals surface area contributed by atoms with Crippen molar-refractivity contribution in [1.82, 2.24) is 21.3 Å². The zero-order valence-corrected chi connectivity index (χ0v) is 25.9. The van der Waals surface area contributed by atoms with Gasteiger partial charge in [0.1, 0.15) is 24.2 Å². The zero-order chi connectivity index (χ0) is 33.6. The number of hydrogen-bond donors (Lipinski definition) is 8. The first-order chi connectivity index (χ1) is 20.5. The van der Waals surface area contributed by atoms with Gasteiger partial charge in [-0.05, 0) is 37.2 Å². The van der Waals surface area contributed by atoms with Crippen LogP contribution >= 0.6 is 0 Å². The van der Waals surface area contributed by atoms with E-state index < -0.39 is 84.2 Å². The highest BCUT2D eigenvalue weighted by Gasteiger charge is 2.31. The van der Waals surface area contributed by atoms with E-state index in [0.29, 0.717) is 12.0 Å². The Morgan fingerprint density at radius 1 is 0.795 bits per heavy atom. The number of amides is 4. The predicted molar refractivity (Wildman–Crippen MR) is 161 cm³/mol. The third-order valence-electron chi connectivity index (χ3n) is 6.83. The Hall–Kier alpha value is -4.04. The van der Waals surface area contributed by atoms with Gasteiger partial charge < -0.3 is 42.3 Å². The monoisotopic (exact) mass is 621 g/mol. The number of carboxylic acid groups (broad SMARTS) is 2. The molecule has 1 aromatic carbocycles. The first kappa shape index (κ1) is 38.0. The van der Waals surface area contributed by atoms with E-state index in [9.17, 15) is 39.0 Å². The van der Waals surface area contributed by atoms with Crippen molar-refractivity contribution < 1.29 is 44.1 Å². The number of carbonyl (C=O) groups excluding carboxylic acids is 4. The van der Waals surface area contributed by atoms with Crippen molar-refractivity contribution in [2.75, 3.05) is 0 Å². The fourth-order valence-corrected chi connectivity index (χ4v) is 4.33. The number of carbonyl (C=O) groups is 6. The van der Waals surface area contributed by atoms with E-state index in [1.54, 1.807) is 44.2 Å². The average molecular weight is 622 g/mol. The molecule has 0 saturated heterocycles. The molecular weight excluding hydrogens is 574 g/mol. The van der Waals surface area contributed by atoms with Gasteiger partial charge >= 0.3 is 11.9 Å². The van der Waals surface area contributed by atoms with Crippen molar-refractivity contribution in [3.63, 3.8) is 0 Å². The lowest BCUT2D eigenvalue weighted by Gasteiger charge is -2.26. The van der Waals surface area contributed by atoms with Crippen LogP contribution in [0.3, 0.4) is 0 Å². The Morgan fingerprint density at radius 3 is 1.91 bits per heavy atom. The molecule has 44 heavy (non-hydrogen) atoms. The van der Waals surface area contributed by atoms with Crippen LogP contribution in [0.25, 0.3) is 0 Å². The molecule has 0 aromatic heterocycles. The first-order valence-corrected chi connectivity index (χ1v) is 14.6. The van der Waals surface area contributed by atoms with Crippen LogP contribution in [0.4, 0.5) is 0 Å². The second-order valence-electron chi connectivity index (χ2n) is 11.7. The summed E-state index contributed by atoms with van der Waals surface area (Å²) in [5.41, 5.74) is 6.59. The van der Waals surface area contributed by atoms with Gasteiger partial charge in [-0.2, -0.15) is 0 Å². The van der Waals surface area contributed by atoms with Gasteiger partial charge in [0.25, 0.3) is 0 Å². The van der Waals surface area contributed by atoms with Crippen molar-refractivity contribution in [1.29, 1.82) is 0 Å². The normalized spacial score (nSPS) is 15.3. The largest absolute Gasteiger partial charge is 0.481 e. The molecule has 4 amide bonds. The first-order valence-electron chi connectivity index (χ1n) is 14.6. The van der Waals surface area contributed by atoms with Gasteiger partial charge in [-0.1, -0.05) is 58.0 Å². The van der Waals surface area contributed by atoms with E-state index >= 15 is 0 Å². The van der Waals surface area contributed by atoms with E-state index in [0.717, 1.165) is 0 Å². The maximum atomic E-state index is 13.0. The summed E-state index contributed by atoms with van der Waals surface area (Å²) < 4.78 is 0. The van der Waals surface area contributed by atoms with Crippen LogP contribution in [0.2, 0.25) is 0 Å². The summed E-state index contributed by atoms with van der Waals surface area (Å²) in [5.74, 6) is -5.76. The Bertz CT molecular complexity index is 1130. The molecule has 0 fully saturated rings. The minimum atomic E-state index is -1.41. The van der Waals surface area contributed by atoms with Gasteiger partial charge in [0, 0.05) is 18.9 Å². The summed E-state index contributed by atoms with van der Waals surface area (Å²) in [4.78, 5) is 74.6. The molecule has 14 nitrogen and oxygen atoms in total. The molecule has 0 bridgehead atoms. The highest BCUT2D eigenvalue weighted by atomic mass is 16.4. The third kappa shape index (κ3) is 14.0. The van der Waals surface area contributed by atoms with Crippen molar-refractivity contribution in [3.8, 4) is 0 Å². The fraction of sp³-hybridized carbons (Fsp3) is 0.600. The Balaban J connectivity index is 2.90. The van der Waals surface area contributed by atoms with Crippen LogP contribution in [0, 0.1) is 11.8 Å². The second-order valence-corrected chi connectivity index (χ2v) is 11.7. The summed E-state index contributed by atoms with van der Waals surface area (Å²) in [6, 6.07) is 2.89. The molecule has 0 radical (unpaired) electrons. The van der Waals surface area contributed by atoms with Crippen molar-refractivity contribution in [2.45, 2.75) is 103 Å².